The summed E-state index contributed by atoms with van der Waals surface area (Å²) in [5.74, 6) is 0.254. The van der Waals surface area contributed by atoms with E-state index in [1.54, 1.807) is 0 Å². The number of hydrogen-bond acceptors (Lipinski definition) is 5. The molecule has 2 aromatic carbocycles. The molecule has 4 aromatic rings. The van der Waals surface area contributed by atoms with E-state index in [4.69, 9.17) is 4.42 Å². The minimum absolute atomic E-state index is 0.140. The Hall–Kier alpha value is -3.08. The smallest absolute Gasteiger partial charge is 0.367 e. The lowest BCUT2D eigenvalue weighted by Crippen LogP contribution is -2.06. The fourth-order valence-electron chi connectivity index (χ4n) is 2.34. The number of rotatable bonds is 1. The van der Waals surface area contributed by atoms with Crippen LogP contribution in [-0.4, -0.2) is 15.0 Å². The Morgan fingerprint density at radius 3 is 2.67 bits per heavy atom. The van der Waals surface area contributed by atoms with Gasteiger partial charge in [0.1, 0.15) is 0 Å². The lowest BCUT2D eigenvalue weighted by molar-refractivity contribution is 0.516. The fraction of sp³-hybridized carbons (Fsp3) is 0. The van der Waals surface area contributed by atoms with Crippen LogP contribution < -0.4 is 5.63 Å². The van der Waals surface area contributed by atoms with Crippen molar-refractivity contribution in [2.24, 2.45) is 0 Å². The fourth-order valence-corrected chi connectivity index (χ4v) is 2.34. The summed E-state index contributed by atoms with van der Waals surface area (Å²) < 4.78 is 5.32. The quantitative estimate of drug-likeness (QED) is 0.534. The normalized spacial score (nSPS) is 11.0. The second-order valence-corrected chi connectivity index (χ2v) is 4.56. The first kappa shape index (κ1) is 11.7. The van der Waals surface area contributed by atoms with Crippen molar-refractivity contribution in [1.29, 1.82) is 0 Å². The average Bonchev–Trinajstić information content (AvgIpc) is 2.54. The second kappa shape index (κ2) is 4.49. The molecular weight excluding hydrogens is 266 g/mol. The summed E-state index contributed by atoms with van der Waals surface area (Å²) >= 11 is 0. The summed E-state index contributed by atoms with van der Waals surface area (Å²) in [6, 6.07) is 13.6. The molecule has 100 valence electrons. The zero-order chi connectivity index (χ0) is 14.2. The van der Waals surface area contributed by atoms with Gasteiger partial charge in [0.2, 0.25) is 5.89 Å². The first-order chi connectivity index (χ1) is 10.3. The van der Waals surface area contributed by atoms with E-state index in [9.17, 15) is 4.79 Å². The van der Waals surface area contributed by atoms with Crippen LogP contribution >= 0.6 is 0 Å². The first-order valence-corrected chi connectivity index (χ1v) is 6.43. The van der Waals surface area contributed by atoms with Crippen molar-refractivity contribution >= 4 is 21.9 Å². The van der Waals surface area contributed by atoms with Crippen LogP contribution in [0.15, 0.2) is 64.1 Å². The Labute approximate surface area is 118 Å². The molecule has 5 nitrogen and oxygen atoms in total. The molecular formula is C16H9N3O2. The van der Waals surface area contributed by atoms with Gasteiger partial charge in [-0.15, -0.1) is 0 Å². The molecule has 0 radical (unpaired) electrons. The molecule has 0 aliphatic carbocycles. The summed E-state index contributed by atoms with van der Waals surface area (Å²) in [6.07, 6.45) is 2.94. The monoisotopic (exact) mass is 275 g/mol. The van der Waals surface area contributed by atoms with Gasteiger partial charge in [-0.1, -0.05) is 36.4 Å². The molecule has 5 heteroatoms. The summed E-state index contributed by atoms with van der Waals surface area (Å²) in [4.78, 5) is 24.3. The van der Waals surface area contributed by atoms with E-state index in [1.165, 1.54) is 12.4 Å². The van der Waals surface area contributed by atoms with Gasteiger partial charge in [-0.2, -0.15) is 4.98 Å². The van der Waals surface area contributed by atoms with Crippen LogP contribution in [0.5, 0.6) is 0 Å². The van der Waals surface area contributed by atoms with Crippen molar-refractivity contribution in [2.75, 3.05) is 0 Å². The number of aromatic nitrogens is 3. The highest BCUT2D eigenvalue weighted by molar-refractivity contribution is 5.95. The number of benzene rings is 2. The summed E-state index contributed by atoms with van der Waals surface area (Å²) in [5, 5.41) is 2.03. The number of hydrogen-bond donors (Lipinski definition) is 0. The van der Waals surface area contributed by atoms with Gasteiger partial charge < -0.3 is 4.42 Å². The van der Waals surface area contributed by atoms with Crippen molar-refractivity contribution in [1.82, 2.24) is 15.0 Å². The van der Waals surface area contributed by atoms with Gasteiger partial charge >= 0.3 is 5.63 Å². The SMILES string of the molecule is O=c1oc(-c2cccc3ccccc23)nc2nccnc12. The standard InChI is InChI=1S/C16H9N3O2/c20-16-13-14(18-9-8-17-13)19-15(21-16)12-7-3-5-10-4-1-2-6-11(10)12/h1-9H. The van der Waals surface area contributed by atoms with Crippen LogP contribution in [0, 0.1) is 0 Å². The average molecular weight is 275 g/mol. The maximum absolute atomic E-state index is 12.0. The lowest BCUT2D eigenvalue weighted by Gasteiger charge is -2.04. The summed E-state index contributed by atoms with van der Waals surface area (Å²) in [5.41, 5.74) is 0.659. The Bertz CT molecular complexity index is 1020. The Kier molecular flexibility index (Phi) is 2.50. The molecule has 0 aliphatic heterocycles. The molecule has 0 bridgehead atoms. The van der Waals surface area contributed by atoms with Crippen molar-refractivity contribution in [3.63, 3.8) is 0 Å². The first-order valence-electron chi connectivity index (χ1n) is 6.43. The van der Waals surface area contributed by atoms with Crippen LogP contribution in [0.25, 0.3) is 33.4 Å². The zero-order valence-corrected chi connectivity index (χ0v) is 10.9. The Morgan fingerprint density at radius 1 is 0.905 bits per heavy atom. The second-order valence-electron chi connectivity index (χ2n) is 4.56. The van der Waals surface area contributed by atoms with Crippen LogP contribution in [0.1, 0.15) is 0 Å². The van der Waals surface area contributed by atoms with Crippen molar-refractivity contribution in [2.45, 2.75) is 0 Å². The zero-order valence-electron chi connectivity index (χ0n) is 10.9. The third-order valence-corrected chi connectivity index (χ3v) is 3.29. The van der Waals surface area contributed by atoms with Crippen LogP contribution in [0.4, 0.5) is 0 Å². The topological polar surface area (TPSA) is 68.9 Å². The molecule has 0 saturated heterocycles. The highest BCUT2D eigenvalue weighted by Crippen LogP contribution is 2.26. The molecule has 0 saturated carbocycles. The molecule has 0 atom stereocenters. The van der Waals surface area contributed by atoms with Gasteiger partial charge in [0.05, 0.1) is 0 Å². The molecule has 0 amide bonds. The lowest BCUT2D eigenvalue weighted by atomic mass is 10.0. The van der Waals surface area contributed by atoms with Crippen molar-refractivity contribution in [3.8, 4) is 11.5 Å². The van der Waals surface area contributed by atoms with Gasteiger partial charge in [-0.05, 0) is 16.8 Å². The molecule has 2 aromatic heterocycles. The van der Waals surface area contributed by atoms with Crippen LogP contribution in [-0.2, 0) is 0 Å². The highest BCUT2D eigenvalue weighted by Gasteiger charge is 2.12. The van der Waals surface area contributed by atoms with Crippen LogP contribution in [0.2, 0.25) is 0 Å². The summed E-state index contributed by atoms with van der Waals surface area (Å²) in [7, 11) is 0. The maximum Gasteiger partial charge on any atom is 0.367 e. The molecule has 2 heterocycles. The minimum atomic E-state index is -0.531. The molecule has 0 aliphatic rings. The maximum atomic E-state index is 12.0. The largest absolute Gasteiger partial charge is 0.402 e. The van der Waals surface area contributed by atoms with Gasteiger partial charge in [0, 0.05) is 18.0 Å². The van der Waals surface area contributed by atoms with Crippen LogP contribution in [0.3, 0.4) is 0 Å². The highest BCUT2D eigenvalue weighted by atomic mass is 16.4. The Balaban J connectivity index is 2.07. The van der Waals surface area contributed by atoms with Gasteiger partial charge in [0.15, 0.2) is 11.2 Å². The van der Waals surface area contributed by atoms with E-state index in [2.05, 4.69) is 15.0 Å². The van der Waals surface area contributed by atoms with Gasteiger partial charge in [0.25, 0.3) is 0 Å². The van der Waals surface area contributed by atoms with Crippen molar-refractivity contribution < 1.29 is 4.42 Å². The minimum Gasteiger partial charge on any atom is -0.402 e. The van der Waals surface area contributed by atoms with Gasteiger partial charge in [-0.3, -0.25) is 0 Å². The molecule has 21 heavy (non-hydrogen) atoms. The van der Waals surface area contributed by atoms with E-state index in [0.717, 1.165) is 16.3 Å². The number of fused-ring (bicyclic) bond motifs is 2. The predicted octanol–water partition coefficient (Wildman–Crippen LogP) is 2.80. The van der Waals surface area contributed by atoms with E-state index in [1.807, 2.05) is 42.5 Å². The Morgan fingerprint density at radius 2 is 1.71 bits per heavy atom. The number of nitrogens with zero attached hydrogens (tertiary/aromatic N) is 3. The molecule has 0 fully saturated rings. The predicted molar refractivity (Wildman–Crippen MR) is 78.8 cm³/mol. The molecule has 4 rings (SSSR count). The van der Waals surface area contributed by atoms with Crippen molar-refractivity contribution in [3.05, 3.63) is 65.3 Å². The molecule has 0 spiro atoms. The van der Waals surface area contributed by atoms with E-state index >= 15 is 0 Å². The molecule has 0 unspecified atom stereocenters. The summed E-state index contributed by atoms with van der Waals surface area (Å²) in [6.45, 7) is 0. The molecule has 0 N–H and O–H groups in total. The third-order valence-electron chi connectivity index (χ3n) is 3.29. The third kappa shape index (κ3) is 1.87. The van der Waals surface area contributed by atoms with Gasteiger partial charge in [-0.25, -0.2) is 14.8 Å². The van der Waals surface area contributed by atoms with E-state index < -0.39 is 5.63 Å². The van der Waals surface area contributed by atoms with E-state index in [-0.39, 0.29) is 17.1 Å². The van der Waals surface area contributed by atoms with E-state index in [0.29, 0.717) is 0 Å².